The molecule has 0 radical (unpaired) electrons. The van der Waals surface area contributed by atoms with Gasteiger partial charge in [0.2, 0.25) is 10.0 Å². The van der Waals surface area contributed by atoms with Crippen molar-refractivity contribution in [1.82, 2.24) is 9.62 Å². The van der Waals surface area contributed by atoms with E-state index >= 15 is 0 Å². The molecule has 1 aromatic rings. The van der Waals surface area contributed by atoms with Gasteiger partial charge in [0, 0.05) is 25.7 Å². The van der Waals surface area contributed by atoms with Gasteiger partial charge in [-0.25, -0.2) is 8.42 Å². The van der Waals surface area contributed by atoms with Crippen LogP contribution in [-0.4, -0.2) is 45.0 Å². The topological polar surface area (TPSA) is 58.6 Å². The highest BCUT2D eigenvalue weighted by Crippen LogP contribution is 2.30. The molecule has 0 aromatic heterocycles. The third-order valence-corrected chi connectivity index (χ3v) is 5.25. The molecule has 0 bridgehead atoms. The van der Waals surface area contributed by atoms with Gasteiger partial charge in [-0.3, -0.25) is 0 Å². The molecule has 0 amide bonds. The van der Waals surface area contributed by atoms with E-state index in [2.05, 4.69) is 10.1 Å². The predicted octanol–water partition coefficient (Wildman–Crippen LogP) is 1.92. The maximum absolute atomic E-state index is 12.5. The second-order valence-corrected chi connectivity index (χ2v) is 7.03. The molecule has 9 heteroatoms. The molecule has 1 aliphatic heterocycles. The Morgan fingerprint density at radius 3 is 2.76 bits per heavy atom. The van der Waals surface area contributed by atoms with Gasteiger partial charge in [0.25, 0.3) is 0 Å². The fourth-order valence-corrected chi connectivity index (χ4v) is 3.94. The van der Waals surface area contributed by atoms with E-state index in [1.54, 1.807) is 0 Å². The van der Waals surface area contributed by atoms with E-state index in [0.717, 1.165) is 12.1 Å². The number of alkyl halides is 2. The van der Waals surface area contributed by atoms with Crippen LogP contribution in [0.5, 0.6) is 5.75 Å². The summed E-state index contributed by atoms with van der Waals surface area (Å²) < 4.78 is 54.8. The Hall–Kier alpha value is -0.960. The van der Waals surface area contributed by atoms with Gasteiger partial charge in [-0.1, -0.05) is 11.6 Å². The van der Waals surface area contributed by atoms with Crippen molar-refractivity contribution in [2.75, 3.05) is 19.6 Å². The van der Waals surface area contributed by atoms with Gasteiger partial charge in [-0.05, 0) is 25.1 Å². The highest BCUT2D eigenvalue weighted by Gasteiger charge is 2.29. The third kappa shape index (κ3) is 3.82. The summed E-state index contributed by atoms with van der Waals surface area (Å²) in [5.74, 6) is -0.251. The van der Waals surface area contributed by atoms with Crippen molar-refractivity contribution < 1.29 is 21.9 Å². The lowest BCUT2D eigenvalue weighted by atomic mass is 10.3. The van der Waals surface area contributed by atoms with Crippen molar-refractivity contribution in [3.63, 3.8) is 0 Å². The zero-order valence-electron chi connectivity index (χ0n) is 11.2. The van der Waals surface area contributed by atoms with E-state index in [4.69, 9.17) is 11.6 Å². The molecular weight excluding hydrogens is 326 g/mol. The maximum atomic E-state index is 12.5. The summed E-state index contributed by atoms with van der Waals surface area (Å²) in [6, 6.07) is 3.52. The number of benzene rings is 1. The number of sulfonamides is 1. The lowest BCUT2D eigenvalue weighted by Crippen LogP contribution is -2.51. The van der Waals surface area contributed by atoms with Gasteiger partial charge in [0.1, 0.15) is 5.75 Å². The molecule has 1 aliphatic rings. The standard InChI is InChI=1S/C12H15ClF2N2O3S/c1-8-7-17(5-4-16-8)21(18,19)9-2-3-11(10(13)6-9)20-12(14)15/h2-3,6,8,12,16H,4-5,7H2,1H3/t8-/m1/s1. The first-order valence-corrected chi connectivity index (χ1v) is 8.10. The highest BCUT2D eigenvalue weighted by atomic mass is 35.5. The summed E-state index contributed by atoms with van der Waals surface area (Å²) in [6.07, 6.45) is 0. The van der Waals surface area contributed by atoms with E-state index in [1.807, 2.05) is 6.92 Å². The van der Waals surface area contributed by atoms with Crippen LogP contribution in [0.2, 0.25) is 5.02 Å². The van der Waals surface area contributed by atoms with E-state index in [0.29, 0.717) is 19.6 Å². The minimum atomic E-state index is -3.70. The molecule has 0 unspecified atom stereocenters. The zero-order valence-corrected chi connectivity index (χ0v) is 12.8. The molecule has 118 valence electrons. The van der Waals surface area contributed by atoms with Gasteiger partial charge < -0.3 is 10.1 Å². The third-order valence-electron chi connectivity index (χ3n) is 3.09. The molecule has 1 atom stereocenters. The fourth-order valence-electron chi connectivity index (χ4n) is 2.10. The van der Waals surface area contributed by atoms with Crippen LogP contribution < -0.4 is 10.1 Å². The normalized spacial score (nSPS) is 20.7. The van der Waals surface area contributed by atoms with Crippen LogP contribution in [0.1, 0.15) is 6.92 Å². The van der Waals surface area contributed by atoms with Gasteiger partial charge in [0.05, 0.1) is 9.92 Å². The van der Waals surface area contributed by atoms with Gasteiger partial charge in [-0.2, -0.15) is 13.1 Å². The summed E-state index contributed by atoms with van der Waals surface area (Å²) in [7, 11) is -3.70. The Kier molecular flexibility index (Phi) is 5.03. The Morgan fingerprint density at radius 2 is 2.19 bits per heavy atom. The number of halogens is 3. The van der Waals surface area contributed by atoms with E-state index in [9.17, 15) is 17.2 Å². The number of hydrogen-bond acceptors (Lipinski definition) is 4. The zero-order chi connectivity index (χ0) is 15.6. The van der Waals surface area contributed by atoms with Crippen LogP contribution in [0.25, 0.3) is 0 Å². The second kappa shape index (κ2) is 6.43. The van der Waals surface area contributed by atoms with Crippen LogP contribution in [0.4, 0.5) is 8.78 Å². The molecule has 0 aliphatic carbocycles. The molecular formula is C12H15ClF2N2O3S. The molecule has 1 heterocycles. The number of rotatable bonds is 4. The summed E-state index contributed by atoms with van der Waals surface area (Å²) in [4.78, 5) is -0.0387. The van der Waals surface area contributed by atoms with Crippen molar-refractivity contribution in [2.45, 2.75) is 24.5 Å². The lowest BCUT2D eigenvalue weighted by molar-refractivity contribution is -0.0498. The summed E-state index contributed by atoms with van der Waals surface area (Å²) in [5, 5.41) is 2.97. The molecule has 1 saturated heterocycles. The molecule has 5 nitrogen and oxygen atoms in total. The summed E-state index contributed by atoms with van der Waals surface area (Å²) in [5.41, 5.74) is 0. The molecule has 1 N–H and O–H groups in total. The number of nitrogens with one attached hydrogen (secondary N) is 1. The molecule has 21 heavy (non-hydrogen) atoms. The molecule has 0 saturated carbocycles. The van der Waals surface area contributed by atoms with Crippen LogP contribution in [0.3, 0.4) is 0 Å². The Balaban J connectivity index is 2.26. The van der Waals surface area contributed by atoms with E-state index in [-0.39, 0.29) is 21.7 Å². The minimum Gasteiger partial charge on any atom is -0.433 e. The molecule has 2 rings (SSSR count). The smallest absolute Gasteiger partial charge is 0.387 e. The monoisotopic (exact) mass is 340 g/mol. The SMILES string of the molecule is C[C@@H]1CN(S(=O)(=O)c2ccc(OC(F)F)c(Cl)c2)CCN1. The van der Waals surface area contributed by atoms with Gasteiger partial charge in [0.15, 0.2) is 0 Å². The van der Waals surface area contributed by atoms with Crippen LogP contribution >= 0.6 is 11.6 Å². The fraction of sp³-hybridized carbons (Fsp3) is 0.500. The first-order chi connectivity index (χ1) is 9.80. The predicted molar refractivity (Wildman–Crippen MR) is 74.3 cm³/mol. The Labute approximate surface area is 126 Å². The highest BCUT2D eigenvalue weighted by molar-refractivity contribution is 7.89. The molecule has 1 fully saturated rings. The summed E-state index contributed by atoms with van der Waals surface area (Å²) >= 11 is 5.79. The largest absolute Gasteiger partial charge is 0.433 e. The second-order valence-electron chi connectivity index (χ2n) is 4.69. The number of piperazine rings is 1. The van der Waals surface area contributed by atoms with E-state index < -0.39 is 16.6 Å². The summed E-state index contributed by atoms with van der Waals surface area (Å²) in [6.45, 7) is 0.114. The van der Waals surface area contributed by atoms with Gasteiger partial charge in [-0.15, -0.1) is 0 Å². The van der Waals surface area contributed by atoms with Crippen molar-refractivity contribution in [3.05, 3.63) is 23.2 Å². The first-order valence-electron chi connectivity index (χ1n) is 6.28. The average Bonchev–Trinajstić information content (AvgIpc) is 2.40. The average molecular weight is 341 g/mol. The Morgan fingerprint density at radius 1 is 1.48 bits per heavy atom. The van der Waals surface area contributed by atoms with Crippen LogP contribution in [-0.2, 0) is 10.0 Å². The van der Waals surface area contributed by atoms with E-state index in [1.165, 1.54) is 10.4 Å². The molecule has 0 spiro atoms. The number of hydrogen-bond donors (Lipinski definition) is 1. The van der Waals surface area contributed by atoms with Crippen molar-refractivity contribution in [2.24, 2.45) is 0 Å². The Bertz CT molecular complexity index is 613. The maximum Gasteiger partial charge on any atom is 0.387 e. The van der Waals surface area contributed by atoms with Crippen molar-refractivity contribution >= 4 is 21.6 Å². The van der Waals surface area contributed by atoms with Crippen LogP contribution in [0.15, 0.2) is 23.1 Å². The van der Waals surface area contributed by atoms with Crippen molar-refractivity contribution in [3.8, 4) is 5.75 Å². The first kappa shape index (κ1) is 16.4. The van der Waals surface area contributed by atoms with Crippen LogP contribution in [0, 0.1) is 0 Å². The van der Waals surface area contributed by atoms with Gasteiger partial charge >= 0.3 is 6.61 Å². The number of ether oxygens (including phenoxy) is 1. The minimum absolute atomic E-state index is 0.0387. The van der Waals surface area contributed by atoms with Crippen molar-refractivity contribution in [1.29, 1.82) is 0 Å². The number of nitrogens with zero attached hydrogens (tertiary/aromatic N) is 1. The molecule has 1 aromatic carbocycles. The quantitative estimate of drug-likeness (QED) is 0.910. The lowest BCUT2D eigenvalue weighted by Gasteiger charge is -2.31.